The number of H-pyrrole nitrogens is 1. The molecule has 0 saturated carbocycles. The molecule has 0 fully saturated rings. The number of ether oxygens (including phenoxy) is 1. The van der Waals surface area contributed by atoms with E-state index in [1.165, 1.54) is 7.11 Å². The van der Waals surface area contributed by atoms with Crippen molar-refractivity contribution in [3.63, 3.8) is 0 Å². The average molecular weight is 403 g/mol. The lowest BCUT2D eigenvalue weighted by Gasteiger charge is -2.18. The van der Waals surface area contributed by atoms with Gasteiger partial charge in [0.05, 0.1) is 12.5 Å². The Balaban J connectivity index is 2.14. The minimum absolute atomic E-state index is 0.0919. The van der Waals surface area contributed by atoms with Gasteiger partial charge in [-0.1, -0.05) is 41.9 Å². The third kappa shape index (κ3) is 3.85. The lowest BCUT2D eigenvalue weighted by atomic mass is 9.89. The summed E-state index contributed by atoms with van der Waals surface area (Å²) in [7, 11) is 1.39. The largest absolute Gasteiger partial charge is 0.476 e. The molecule has 8 heteroatoms. The minimum Gasteiger partial charge on any atom is -0.476 e. The van der Waals surface area contributed by atoms with Gasteiger partial charge in [0.2, 0.25) is 0 Å². The van der Waals surface area contributed by atoms with Gasteiger partial charge in [-0.25, -0.2) is 4.79 Å². The van der Waals surface area contributed by atoms with Gasteiger partial charge in [0.15, 0.2) is 0 Å². The van der Waals surface area contributed by atoms with Gasteiger partial charge >= 0.3 is 12.0 Å². The van der Waals surface area contributed by atoms with Gasteiger partial charge in [0.25, 0.3) is 0 Å². The summed E-state index contributed by atoms with van der Waals surface area (Å²) in [5, 5.41) is 22.3. The Morgan fingerprint density at radius 2 is 1.96 bits per heavy atom. The molecule has 3 aromatic rings. The number of hydrogen-bond acceptors (Lipinski definition) is 4. The highest BCUT2D eigenvalue weighted by Gasteiger charge is 2.41. The van der Waals surface area contributed by atoms with E-state index in [9.17, 15) is 20.0 Å². The predicted molar refractivity (Wildman–Crippen MR) is 106 cm³/mol. The summed E-state index contributed by atoms with van der Waals surface area (Å²) < 4.78 is 5.13. The average Bonchev–Trinajstić information content (AvgIpc) is 3.07. The molecule has 2 atom stereocenters. The number of aliphatic carboxylic acids is 1. The number of hydrogen-bond donors (Lipinski definition) is 2. The molecule has 0 aliphatic carbocycles. The van der Waals surface area contributed by atoms with Gasteiger partial charge in [-0.3, -0.25) is 10.1 Å². The normalized spacial score (nSPS) is 13.4. The van der Waals surface area contributed by atoms with Crippen LogP contribution < -0.4 is 0 Å². The first-order valence-corrected chi connectivity index (χ1v) is 8.99. The maximum Gasteiger partial charge on any atom is 0.380 e. The smallest absolute Gasteiger partial charge is 0.380 e. The number of aromatic nitrogens is 1. The van der Waals surface area contributed by atoms with Gasteiger partial charge in [-0.15, -0.1) is 0 Å². The number of carbonyl (C=O) groups is 1. The molecule has 1 aromatic heterocycles. The number of carboxylic acids is 1. The second-order valence-corrected chi connectivity index (χ2v) is 6.89. The Bertz CT molecular complexity index is 1000. The molecule has 0 amide bonds. The second kappa shape index (κ2) is 8.41. The summed E-state index contributed by atoms with van der Waals surface area (Å²) in [6.45, 7) is -0.0919. The zero-order chi connectivity index (χ0) is 20.3. The van der Waals surface area contributed by atoms with Crippen molar-refractivity contribution in [3.05, 3.63) is 80.5 Å². The fraction of sp³-hybridized carbons (Fsp3) is 0.250. The Hall–Kier alpha value is -2.90. The van der Waals surface area contributed by atoms with E-state index in [0.717, 1.165) is 22.0 Å². The topological polar surface area (TPSA) is 105 Å². The predicted octanol–water partition coefficient (Wildman–Crippen LogP) is 3.87. The second-order valence-electron chi connectivity index (χ2n) is 6.48. The molecule has 7 nitrogen and oxygen atoms in total. The Morgan fingerprint density at radius 3 is 2.61 bits per heavy atom. The van der Waals surface area contributed by atoms with E-state index >= 15 is 0 Å². The van der Waals surface area contributed by atoms with Crippen molar-refractivity contribution in [3.8, 4) is 0 Å². The summed E-state index contributed by atoms with van der Waals surface area (Å²) in [4.78, 5) is 25.4. The van der Waals surface area contributed by atoms with Gasteiger partial charge in [-0.2, -0.15) is 0 Å². The van der Waals surface area contributed by atoms with Crippen LogP contribution >= 0.6 is 11.6 Å². The van der Waals surface area contributed by atoms with Crippen LogP contribution in [0.25, 0.3) is 10.9 Å². The first kappa shape index (κ1) is 19.9. The standard InChI is InChI=1S/C20H19ClN2O5/c1-28-11-15(19(20(24)25)23(26)27)14-10-22-17-8-4-6-13(18(14)17)9-12-5-2-3-7-16(12)21/h2-8,10,15,19,22H,9,11H2,1H3,(H,24,25). The molecule has 0 spiro atoms. The van der Waals surface area contributed by atoms with Crippen LogP contribution in [0, 0.1) is 10.1 Å². The maximum atomic E-state index is 11.6. The monoisotopic (exact) mass is 402 g/mol. The molecular weight excluding hydrogens is 384 g/mol. The van der Waals surface area contributed by atoms with Crippen molar-refractivity contribution in [2.45, 2.75) is 18.4 Å². The molecule has 28 heavy (non-hydrogen) atoms. The number of aromatic amines is 1. The van der Waals surface area contributed by atoms with Crippen LogP contribution in [0.15, 0.2) is 48.7 Å². The fourth-order valence-electron chi connectivity index (χ4n) is 3.52. The highest BCUT2D eigenvalue weighted by molar-refractivity contribution is 6.31. The molecule has 2 N–H and O–H groups in total. The highest BCUT2D eigenvalue weighted by Crippen LogP contribution is 2.33. The van der Waals surface area contributed by atoms with Crippen molar-refractivity contribution in [2.24, 2.45) is 0 Å². The zero-order valence-corrected chi connectivity index (χ0v) is 15.8. The first-order chi connectivity index (χ1) is 13.4. The number of rotatable bonds is 8. The van der Waals surface area contributed by atoms with Crippen LogP contribution in [0.1, 0.15) is 22.6 Å². The molecule has 0 bridgehead atoms. The number of halogens is 1. The van der Waals surface area contributed by atoms with Gasteiger partial charge in [-0.05, 0) is 35.2 Å². The van der Waals surface area contributed by atoms with E-state index in [0.29, 0.717) is 17.0 Å². The van der Waals surface area contributed by atoms with Crippen LogP contribution in [0.5, 0.6) is 0 Å². The molecule has 2 aromatic carbocycles. The van der Waals surface area contributed by atoms with Crippen LogP contribution in [0.4, 0.5) is 0 Å². The third-order valence-corrected chi connectivity index (χ3v) is 5.14. The molecule has 1 heterocycles. The lowest BCUT2D eigenvalue weighted by molar-refractivity contribution is -0.514. The van der Waals surface area contributed by atoms with Crippen molar-refractivity contribution in [1.29, 1.82) is 0 Å². The molecule has 0 aliphatic rings. The molecule has 146 valence electrons. The van der Waals surface area contributed by atoms with E-state index in [2.05, 4.69) is 4.98 Å². The summed E-state index contributed by atoms with van der Waals surface area (Å²) in [5.41, 5.74) is 3.13. The van der Waals surface area contributed by atoms with Crippen LogP contribution in [0.2, 0.25) is 5.02 Å². The maximum absolute atomic E-state index is 11.6. The Labute approximate surface area is 166 Å². The number of nitro groups is 1. The van der Waals surface area contributed by atoms with Gasteiger partial charge < -0.3 is 14.8 Å². The summed E-state index contributed by atoms with van der Waals surface area (Å²) in [6.07, 6.45) is 2.14. The van der Waals surface area contributed by atoms with Crippen LogP contribution in [-0.2, 0) is 16.0 Å². The van der Waals surface area contributed by atoms with E-state index in [-0.39, 0.29) is 6.61 Å². The Kier molecular flexibility index (Phi) is 5.96. The molecule has 2 unspecified atom stereocenters. The fourth-order valence-corrected chi connectivity index (χ4v) is 3.72. The quantitative estimate of drug-likeness (QED) is 0.439. The van der Waals surface area contributed by atoms with Crippen molar-refractivity contribution in [1.82, 2.24) is 4.98 Å². The first-order valence-electron chi connectivity index (χ1n) is 8.61. The Morgan fingerprint density at radius 1 is 1.25 bits per heavy atom. The molecule has 3 rings (SSSR count). The van der Waals surface area contributed by atoms with E-state index < -0.39 is 22.9 Å². The van der Waals surface area contributed by atoms with Crippen molar-refractivity contribution >= 4 is 28.5 Å². The van der Waals surface area contributed by atoms with E-state index in [4.69, 9.17) is 16.3 Å². The molecular formula is C20H19ClN2O5. The van der Waals surface area contributed by atoms with E-state index in [1.807, 2.05) is 36.4 Å². The van der Waals surface area contributed by atoms with Crippen molar-refractivity contribution in [2.75, 3.05) is 13.7 Å². The summed E-state index contributed by atoms with van der Waals surface area (Å²) in [6, 6.07) is 11.3. The summed E-state index contributed by atoms with van der Waals surface area (Å²) >= 11 is 6.29. The molecule has 0 radical (unpaired) electrons. The van der Waals surface area contributed by atoms with Crippen molar-refractivity contribution < 1.29 is 19.6 Å². The third-order valence-electron chi connectivity index (χ3n) is 4.77. The van der Waals surface area contributed by atoms with E-state index in [1.54, 1.807) is 12.3 Å². The number of nitrogens with one attached hydrogen (secondary N) is 1. The van der Waals surface area contributed by atoms with Crippen LogP contribution in [0.3, 0.4) is 0 Å². The SMILES string of the molecule is COCC(c1c[nH]c2cccc(Cc3ccccc3Cl)c12)C(C(=O)O)[N+](=O)[O-]. The van der Waals surface area contributed by atoms with Gasteiger partial charge in [0, 0.05) is 34.2 Å². The minimum atomic E-state index is -1.81. The number of carboxylic acid groups (broad SMARTS) is 1. The van der Waals surface area contributed by atoms with Gasteiger partial charge in [0.1, 0.15) is 0 Å². The number of benzene rings is 2. The van der Waals surface area contributed by atoms with Crippen LogP contribution in [-0.4, -0.2) is 40.7 Å². The number of nitrogens with zero attached hydrogens (tertiary/aromatic N) is 1. The lowest BCUT2D eigenvalue weighted by Crippen LogP contribution is -2.37. The number of fused-ring (bicyclic) bond motifs is 1. The molecule has 0 aliphatic heterocycles. The highest BCUT2D eigenvalue weighted by atomic mass is 35.5. The molecule has 0 saturated heterocycles. The number of methoxy groups -OCH3 is 1. The zero-order valence-electron chi connectivity index (χ0n) is 15.1. The summed E-state index contributed by atoms with van der Waals surface area (Å²) in [5.74, 6) is -2.44.